The first-order valence-corrected chi connectivity index (χ1v) is 9.18. The minimum atomic E-state index is -4.55. The van der Waals surface area contributed by atoms with Gasteiger partial charge in [-0.05, 0) is 35.4 Å². The van der Waals surface area contributed by atoms with Gasteiger partial charge in [0.05, 0.1) is 21.7 Å². The average molecular weight is 383 g/mol. The Morgan fingerprint density at radius 3 is 2.48 bits per heavy atom. The van der Waals surface area contributed by atoms with E-state index in [0.717, 1.165) is 17.0 Å². The third-order valence-corrected chi connectivity index (χ3v) is 5.37. The molecule has 0 radical (unpaired) electrons. The lowest BCUT2D eigenvalue weighted by Crippen LogP contribution is -2.31. The smallest absolute Gasteiger partial charge is 0.268 e. The molecule has 1 aliphatic rings. The van der Waals surface area contributed by atoms with Crippen LogP contribution in [0.2, 0.25) is 0 Å². The number of imide groups is 1. The molecule has 0 fully saturated rings. The molecule has 0 unspecified atom stereocenters. The number of benzene rings is 1. The molecule has 1 aromatic heterocycles. The first-order valence-electron chi connectivity index (χ1n) is 7.31. The second-order valence-corrected chi connectivity index (χ2v) is 7.33. The molecule has 130 valence electrons. The van der Waals surface area contributed by atoms with Gasteiger partial charge in [0, 0.05) is 4.88 Å². The number of halogens is 3. The number of carbonyl (C=O) groups is 2. The molecule has 1 aromatic carbocycles. The minimum absolute atomic E-state index is 0.0782. The molecule has 2 heterocycles. The van der Waals surface area contributed by atoms with Crippen LogP contribution in [0.15, 0.2) is 46.7 Å². The summed E-state index contributed by atoms with van der Waals surface area (Å²) < 4.78 is 38.8. The Bertz CT molecular complexity index is 857. The van der Waals surface area contributed by atoms with Crippen molar-refractivity contribution >= 4 is 46.2 Å². The number of thiophene rings is 1. The molecule has 0 aliphatic carbocycles. The lowest BCUT2D eigenvalue weighted by molar-refractivity contribution is -0.137. The van der Waals surface area contributed by atoms with Gasteiger partial charge in [-0.1, -0.05) is 19.1 Å². The van der Waals surface area contributed by atoms with Crippen molar-refractivity contribution in [3.63, 3.8) is 0 Å². The number of thioether (sulfide) groups is 1. The molecule has 2 aromatic rings. The zero-order chi connectivity index (χ0) is 18.2. The number of anilines is 1. The van der Waals surface area contributed by atoms with E-state index in [0.29, 0.717) is 10.6 Å². The topological polar surface area (TPSA) is 37.4 Å². The highest BCUT2D eigenvalue weighted by Gasteiger charge is 2.41. The van der Waals surface area contributed by atoms with Gasteiger partial charge in [-0.25, -0.2) is 4.90 Å². The van der Waals surface area contributed by atoms with Crippen molar-refractivity contribution < 1.29 is 22.8 Å². The molecule has 0 N–H and O–H groups in total. The highest BCUT2D eigenvalue weighted by atomic mass is 32.2. The summed E-state index contributed by atoms with van der Waals surface area (Å²) in [5.74, 6) is -0.609. The molecule has 8 heteroatoms. The first-order chi connectivity index (χ1) is 11.8. The summed E-state index contributed by atoms with van der Waals surface area (Å²) in [7, 11) is 0. The molecule has 3 rings (SSSR count). The number of rotatable bonds is 4. The highest BCUT2D eigenvalue weighted by Crippen LogP contribution is 2.40. The fourth-order valence-electron chi connectivity index (χ4n) is 2.48. The Morgan fingerprint density at radius 1 is 1.12 bits per heavy atom. The predicted octanol–water partition coefficient (Wildman–Crippen LogP) is 4.80. The fourth-order valence-corrected chi connectivity index (χ4v) is 4.16. The number of amides is 2. The molecular formula is C17H12F3NO2S2. The van der Waals surface area contributed by atoms with Gasteiger partial charge in [-0.3, -0.25) is 9.59 Å². The van der Waals surface area contributed by atoms with Crippen LogP contribution in [0.1, 0.15) is 17.4 Å². The molecule has 2 amide bonds. The molecule has 0 bridgehead atoms. The molecule has 0 saturated heterocycles. The molecule has 0 spiro atoms. The number of alkyl halides is 3. The van der Waals surface area contributed by atoms with Crippen LogP contribution in [0.25, 0.3) is 5.57 Å². The van der Waals surface area contributed by atoms with Gasteiger partial charge in [0.15, 0.2) is 0 Å². The second-order valence-electron chi connectivity index (χ2n) is 5.11. The number of nitrogens with zero attached hydrogens (tertiary/aromatic N) is 1. The van der Waals surface area contributed by atoms with E-state index in [1.165, 1.54) is 35.2 Å². The molecule has 0 saturated carbocycles. The number of hydrogen-bond donors (Lipinski definition) is 0. The average Bonchev–Trinajstić information content (AvgIpc) is 3.15. The molecule has 1 aliphatic heterocycles. The maximum Gasteiger partial charge on any atom is 0.416 e. The van der Waals surface area contributed by atoms with Gasteiger partial charge >= 0.3 is 6.18 Å². The van der Waals surface area contributed by atoms with Crippen LogP contribution in [0, 0.1) is 0 Å². The Labute approximate surface area is 150 Å². The third-order valence-electron chi connectivity index (χ3n) is 3.53. The van der Waals surface area contributed by atoms with Crippen molar-refractivity contribution in [2.45, 2.75) is 13.1 Å². The summed E-state index contributed by atoms with van der Waals surface area (Å²) in [6.07, 6.45) is -4.55. The van der Waals surface area contributed by atoms with Crippen molar-refractivity contribution in [1.82, 2.24) is 0 Å². The summed E-state index contributed by atoms with van der Waals surface area (Å²) in [6.45, 7) is 1.84. The van der Waals surface area contributed by atoms with Crippen molar-refractivity contribution in [3.8, 4) is 0 Å². The van der Waals surface area contributed by atoms with Crippen LogP contribution >= 0.6 is 23.1 Å². The van der Waals surface area contributed by atoms with Crippen molar-refractivity contribution in [2.75, 3.05) is 10.7 Å². The van der Waals surface area contributed by atoms with Crippen LogP contribution in [0.5, 0.6) is 0 Å². The van der Waals surface area contributed by atoms with Crippen LogP contribution in [0.4, 0.5) is 18.9 Å². The van der Waals surface area contributed by atoms with E-state index >= 15 is 0 Å². The summed E-state index contributed by atoms with van der Waals surface area (Å²) in [5.41, 5.74) is -0.727. The van der Waals surface area contributed by atoms with Crippen LogP contribution in [-0.4, -0.2) is 17.6 Å². The Morgan fingerprint density at radius 2 is 1.88 bits per heavy atom. The van der Waals surface area contributed by atoms with E-state index in [2.05, 4.69) is 0 Å². The molecule has 3 nitrogen and oxygen atoms in total. The molecule has 0 atom stereocenters. The van der Waals surface area contributed by atoms with E-state index in [-0.39, 0.29) is 16.2 Å². The largest absolute Gasteiger partial charge is 0.416 e. The summed E-state index contributed by atoms with van der Waals surface area (Å²) >= 11 is 2.53. The lowest BCUT2D eigenvalue weighted by atomic mass is 10.1. The quantitative estimate of drug-likeness (QED) is 0.712. The van der Waals surface area contributed by atoms with Crippen molar-refractivity contribution in [1.29, 1.82) is 0 Å². The Hall–Kier alpha value is -2.06. The van der Waals surface area contributed by atoms with E-state index in [9.17, 15) is 22.8 Å². The third kappa shape index (κ3) is 3.23. The van der Waals surface area contributed by atoms with E-state index in [1.54, 1.807) is 17.5 Å². The van der Waals surface area contributed by atoms with Gasteiger partial charge in [-0.2, -0.15) is 13.2 Å². The van der Waals surface area contributed by atoms with Crippen molar-refractivity contribution in [3.05, 3.63) is 57.1 Å². The first kappa shape index (κ1) is 17.8. The normalized spacial score (nSPS) is 15.4. The molecular weight excluding hydrogens is 371 g/mol. The fraction of sp³-hybridized carbons (Fsp3) is 0.176. The zero-order valence-electron chi connectivity index (χ0n) is 13.0. The van der Waals surface area contributed by atoms with Gasteiger partial charge in [0.2, 0.25) is 0 Å². The van der Waals surface area contributed by atoms with Gasteiger partial charge in [-0.15, -0.1) is 23.1 Å². The summed E-state index contributed by atoms with van der Waals surface area (Å²) in [6, 6.07) is 7.72. The lowest BCUT2D eigenvalue weighted by Gasteiger charge is -2.17. The van der Waals surface area contributed by atoms with Gasteiger partial charge in [0.25, 0.3) is 11.8 Å². The van der Waals surface area contributed by atoms with Gasteiger partial charge in [0.1, 0.15) is 0 Å². The predicted molar refractivity (Wildman–Crippen MR) is 93.3 cm³/mol. The minimum Gasteiger partial charge on any atom is -0.268 e. The van der Waals surface area contributed by atoms with Gasteiger partial charge < -0.3 is 0 Å². The van der Waals surface area contributed by atoms with Crippen molar-refractivity contribution in [2.24, 2.45) is 0 Å². The Kier molecular flexibility index (Phi) is 4.75. The van der Waals surface area contributed by atoms with Crippen LogP contribution < -0.4 is 4.90 Å². The second kappa shape index (κ2) is 6.68. The Balaban J connectivity index is 2.06. The number of carbonyl (C=O) groups excluding carboxylic acids is 2. The van der Waals surface area contributed by atoms with E-state index in [4.69, 9.17) is 0 Å². The van der Waals surface area contributed by atoms with Crippen LogP contribution in [0.3, 0.4) is 0 Å². The maximum absolute atomic E-state index is 12.9. The molecule has 25 heavy (non-hydrogen) atoms. The van der Waals surface area contributed by atoms with E-state index < -0.39 is 23.6 Å². The standard InChI is InChI=1S/C17H12F3NO2S2/c1-2-24-14-13(12-7-4-8-25-12)15(22)21(16(14)23)11-6-3-5-10(9-11)17(18,19)20/h3-9H,2H2,1H3. The number of hydrogen-bond acceptors (Lipinski definition) is 4. The SMILES string of the molecule is CCSC1=C(c2cccs2)C(=O)N(c2cccc(C(F)(F)F)c2)C1=O. The van der Waals surface area contributed by atoms with Crippen LogP contribution in [-0.2, 0) is 15.8 Å². The highest BCUT2D eigenvalue weighted by molar-refractivity contribution is 8.04. The zero-order valence-corrected chi connectivity index (χ0v) is 14.6. The summed E-state index contributed by atoms with van der Waals surface area (Å²) in [5, 5.41) is 1.78. The maximum atomic E-state index is 12.9. The monoisotopic (exact) mass is 383 g/mol. The summed E-state index contributed by atoms with van der Waals surface area (Å²) in [4.78, 5) is 27.3. The van der Waals surface area contributed by atoms with E-state index in [1.807, 2.05) is 6.92 Å².